The van der Waals surface area contributed by atoms with Gasteiger partial charge in [0.15, 0.2) is 0 Å². The van der Waals surface area contributed by atoms with E-state index in [-0.39, 0.29) is 5.91 Å². The van der Waals surface area contributed by atoms with Crippen LogP contribution in [0.5, 0.6) is 0 Å². The number of carbonyl (C=O) groups excluding carboxylic acids is 1. The van der Waals surface area contributed by atoms with Crippen LogP contribution in [0.3, 0.4) is 0 Å². The summed E-state index contributed by atoms with van der Waals surface area (Å²) in [6.07, 6.45) is 8.86. The molecule has 2 aromatic carbocycles. The molecule has 0 spiro atoms. The number of nitrogens with one attached hydrogen (secondary N) is 3. The molecule has 37 heavy (non-hydrogen) atoms. The quantitative estimate of drug-likeness (QED) is 0.286. The van der Waals surface area contributed by atoms with Crippen molar-refractivity contribution in [1.29, 1.82) is 0 Å². The Morgan fingerprint density at radius 1 is 1.16 bits per heavy atom. The third-order valence-electron chi connectivity index (χ3n) is 7.68. The van der Waals surface area contributed by atoms with Crippen molar-refractivity contribution in [2.75, 3.05) is 18.5 Å². The summed E-state index contributed by atoms with van der Waals surface area (Å²) in [5, 5.41) is 15.2. The fourth-order valence-corrected chi connectivity index (χ4v) is 6.67. The van der Waals surface area contributed by atoms with Gasteiger partial charge in [0, 0.05) is 40.5 Å². The molecule has 1 amide bonds. The monoisotopic (exact) mass is 512 g/mol. The Kier molecular flexibility index (Phi) is 5.76. The molecule has 9 heteroatoms. The molecule has 3 N–H and O–H groups in total. The van der Waals surface area contributed by atoms with E-state index in [4.69, 9.17) is 9.72 Å². The van der Waals surface area contributed by atoms with Crippen LogP contribution < -0.4 is 5.32 Å². The van der Waals surface area contributed by atoms with Crippen LogP contribution in [-0.2, 0) is 11.3 Å². The highest BCUT2D eigenvalue weighted by molar-refractivity contribution is 7.09. The van der Waals surface area contributed by atoms with E-state index in [9.17, 15) is 4.79 Å². The van der Waals surface area contributed by atoms with Crippen molar-refractivity contribution in [2.45, 2.75) is 44.4 Å². The molecule has 1 aliphatic carbocycles. The van der Waals surface area contributed by atoms with E-state index in [0.29, 0.717) is 23.5 Å². The molecule has 1 saturated heterocycles. The van der Waals surface area contributed by atoms with E-state index in [1.165, 1.54) is 19.3 Å². The molecular formula is C28H28N6O2S. The van der Waals surface area contributed by atoms with Gasteiger partial charge >= 0.3 is 0 Å². The Bertz CT molecular complexity index is 1580. The number of ether oxygens (including phenoxy) is 1. The van der Waals surface area contributed by atoms with Crippen LogP contribution in [0.15, 0.2) is 54.2 Å². The Morgan fingerprint density at radius 3 is 3.08 bits per heavy atom. The number of aromatic amines is 2. The number of nitrogens with zero attached hydrogens (tertiary/aromatic N) is 3. The number of hydrogen-bond acceptors (Lipinski definition) is 6. The number of fused-ring (bicyclic) bond motifs is 3. The zero-order valence-corrected chi connectivity index (χ0v) is 21.2. The summed E-state index contributed by atoms with van der Waals surface area (Å²) >= 11 is 1.55. The zero-order valence-electron chi connectivity index (χ0n) is 20.4. The topological polar surface area (TPSA) is 98.9 Å². The van der Waals surface area contributed by atoms with E-state index in [1.54, 1.807) is 17.5 Å². The minimum atomic E-state index is -0.209. The molecule has 8 nitrogen and oxygen atoms in total. The predicted octanol–water partition coefficient (Wildman–Crippen LogP) is 5.56. The fourth-order valence-electron chi connectivity index (χ4n) is 5.87. The number of hydrogen-bond donors (Lipinski definition) is 3. The third-order valence-corrected chi connectivity index (χ3v) is 8.52. The molecule has 2 fully saturated rings. The maximum atomic E-state index is 13.3. The lowest BCUT2D eigenvalue weighted by molar-refractivity contribution is -0.0911. The largest absolute Gasteiger partial charge is 0.375 e. The number of thiazole rings is 1. The summed E-state index contributed by atoms with van der Waals surface area (Å²) in [6, 6.07) is 12.8. The van der Waals surface area contributed by atoms with Gasteiger partial charge in [-0.05, 0) is 48.2 Å². The number of amides is 1. The molecule has 4 heterocycles. The van der Waals surface area contributed by atoms with Crippen molar-refractivity contribution in [2.24, 2.45) is 0 Å². The first-order chi connectivity index (χ1) is 18.2. The summed E-state index contributed by atoms with van der Waals surface area (Å²) in [5.41, 5.74) is 5.20. The Hall–Kier alpha value is -3.53. The smallest absolute Gasteiger partial charge is 0.275 e. The van der Waals surface area contributed by atoms with Gasteiger partial charge in [0.25, 0.3) is 5.91 Å². The van der Waals surface area contributed by atoms with Gasteiger partial charge in [0.1, 0.15) is 10.7 Å². The number of morpholine rings is 1. The second kappa shape index (κ2) is 9.41. The van der Waals surface area contributed by atoms with Crippen LogP contribution in [0, 0.1) is 0 Å². The normalized spacial score (nSPS) is 20.3. The fraction of sp³-hybridized carbons (Fsp3) is 0.321. The van der Waals surface area contributed by atoms with Gasteiger partial charge in [-0.2, -0.15) is 5.10 Å². The van der Waals surface area contributed by atoms with E-state index in [0.717, 1.165) is 64.1 Å². The maximum Gasteiger partial charge on any atom is 0.275 e. The van der Waals surface area contributed by atoms with Gasteiger partial charge in [-0.25, -0.2) is 4.98 Å². The Labute approximate surface area is 218 Å². The van der Waals surface area contributed by atoms with Gasteiger partial charge in [-0.15, -0.1) is 11.3 Å². The number of benzene rings is 2. The van der Waals surface area contributed by atoms with Crippen molar-refractivity contribution in [3.8, 4) is 11.1 Å². The van der Waals surface area contributed by atoms with Crippen LogP contribution in [0.2, 0.25) is 0 Å². The minimum Gasteiger partial charge on any atom is -0.375 e. The highest BCUT2D eigenvalue weighted by Crippen LogP contribution is 2.34. The van der Waals surface area contributed by atoms with Crippen LogP contribution in [0.4, 0.5) is 5.69 Å². The molecule has 3 aromatic heterocycles. The molecule has 188 valence electrons. The van der Waals surface area contributed by atoms with E-state index in [2.05, 4.69) is 49.7 Å². The Morgan fingerprint density at radius 2 is 2.11 bits per heavy atom. The van der Waals surface area contributed by atoms with Crippen molar-refractivity contribution >= 4 is 44.7 Å². The van der Waals surface area contributed by atoms with E-state index < -0.39 is 0 Å². The zero-order chi connectivity index (χ0) is 24.8. The first-order valence-electron chi connectivity index (χ1n) is 12.9. The van der Waals surface area contributed by atoms with E-state index >= 15 is 0 Å². The van der Waals surface area contributed by atoms with Crippen LogP contribution in [0.1, 0.15) is 41.2 Å². The highest BCUT2D eigenvalue weighted by atomic mass is 32.1. The molecule has 1 aliphatic heterocycles. The highest BCUT2D eigenvalue weighted by Gasteiger charge is 2.34. The molecule has 2 unspecified atom stereocenters. The lowest BCUT2D eigenvalue weighted by Gasteiger charge is -2.43. The van der Waals surface area contributed by atoms with Crippen molar-refractivity contribution in [3.63, 3.8) is 0 Å². The average molecular weight is 513 g/mol. The first kappa shape index (κ1) is 22.7. The minimum absolute atomic E-state index is 0.209. The SMILES string of the molecule is O=C(Nc1cc(-c2cccc3[nH]ccc23)cc2[nH]ncc12)c1csc(CN2CCOC3CCCCC32)n1. The second-order valence-electron chi connectivity index (χ2n) is 9.91. The lowest BCUT2D eigenvalue weighted by Crippen LogP contribution is -2.52. The number of rotatable bonds is 5. The second-order valence-corrected chi connectivity index (χ2v) is 10.9. The molecule has 0 bridgehead atoms. The van der Waals surface area contributed by atoms with Crippen LogP contribution >= 0.6 is 11.3 Å². The van der Waals surface area contributed by atoms with Crippen molar-refractivity contribution in [1.82, 2.24) is 25.1 Å². The summed E-state index contributed by atoms with van der Waals surface area (Å²) < 4.78 is 6.02. The number of carbonyl (C=O) groups is 1. The summed E-state index contributed by atoms with van der Waals surface area (Å²) in [7, 11) is 0. The Balaban J connectivity index is 1.14. The number of anilines is 1. The van der Waals surface area contributed by atoms with Crippen molar-refractivity contribution in [3.05, 3.63) is 64.9 Å². The van der Waals surface area contributed by atoms with Gasteiger partial charge in [0.2, 0.25) is 0 Å². The first-order valence-corrected chi connectivity index (χ1v) is 13.8. The average Bonchev–Trinajstić information content (AvgIpc) is 3.69. The molecule has 5 aromatic rings. The molecule has 1 saturated carbocycles. The molecule has 2 atom stereocenters. The summed E-state index contributed by atoms with van der Waals surface area (Å²) in [5.74, 6) is -0.209. The molecular weight excluding hydrogens is 484 g/mol. The van der Waals surface area contributed by atoms with Gasteiger partial charge in [0.05, 0.1) is 36.7 Å². The van der Waals surface area contributed by atoms with Gasteiger partial charge in [-0.1, -0.05) is 25.0 Å². The lowest BCUT2D eigenvalue weighted by atomic mass is 9.90. The summed E-state index contributed by atoms with van der Waals surface area (Å²) in [6.45, 7) is 2.46. The number of H-pyrrole nitrogens is 2. The van der Waals surface area contributed by atoms with E-state index in [1.807, 2.05) is 23.7 Å². The maximum absolute atomic E-state index is 13.3. The number of aromatic nitrogens is 4. The molecule has 0 radical (unpaired) electrons. The molecule has 7 rings (SSSR count). The van der Waals surface area contributed by atoms with Gasteiger partial charge < -0.3 is 15.0 Å². The summed E-state index contributed by atoms with van der Waals surface area (Å²) in [4.78, 5) is 23.8. The van der Waals surface area contributed by atoms with Crippen molar-refractivity contribution < 1.29 is 9.53 Å². The molecule has 2 aliphatic rings. The predicted molar refractivity (Wildman–Crippen MR) is 146 cm³/mol. The van der Waals surface area contributed by atoms with Crippen LogP contribution in [0.25, 0.3) is 32.9 Å². The van der Waals surface area contributed by atoms with Crippen LogP contribution in [-0.4, -0.2) is 56.3 Å². The van der Waals surface area contributed by atoms with Gasteiger partial charge in [-0.3, -0.25) is 14.8 Å². The standard InChI is InChI=1S/C28H28N6O2S/c35-28(24-16-37-27(31-24)15-34-10-11-36-26-7-2-1-6-25(26)34)32-22-12-17(13-23-20(22)14-30-33-23)18-4-3-5-21-19(18)8-9-29-21/h3-5,8-9,12-14,16,25-26,29H,1-2,6-7,10-11,15H2,(H,30,33)(H,32,35). The third kappa shape index (κ3) is 4.22.